The van der Waals surface area contributed by atoms with Crippen LogP contribution in [0.25, 0.3) is 0 Å². The van der Waals surface area contributed by atoms with Crippen LogP contribution in [0.2, 0.25) is 0 Å². The molecule has 1 aromatic carbocycles. The Morgan fingerprint density at radius 1 is 0.870 bits per heavy atom. The molecule has 0 heterocycles. The van der Waals surface area contributed by atoms with Gasteiger partial charge in [-0.2, -0.15) is 0 Å². The lowest BCUT2D eigenvalue weighted by Gasteiger charge is -2.15. The van der Waals surface area contributed by atoms with E-state index in [0.29, 0.717) is 6.04 Å². The summed E-state index contributed by atoms with van der Waals surface area (Å²) >= 11 is 0. The molecule has 0 spiro atoms. The molecule has 1 atom stereocenters. The zero-order chi connectivity index (χ0) is 15.9. The summed E-state index contributed by atoms with van der Waals surface area (Å²) in [4.78, 5) is 0. The minimum atomic E-state index is 0. The quantitative estimate of drug-likeness (QED) is 0.300. The second-order valence-electron chi connectivity index (χ2n) is 6.26. The third-order valence-corrected chi connectivity index (χ3v) is 4.29. The fourth-order valence-corrected chi connectivity index (χ4v) is 2.87. The van der Waals surface area contributed by atoms with Gasteiger partial charge in [-0.15, -0.1) is 6.58 Å². The highest BCUT2D eigenvalue weighted by molar-refractivity contribution is 5.22. The first-order chi connectivity index (χ1) is 10.9. The second kappa shape index (κ2) is 15.8. The van der Waals surface area contributed by atoms with Gasteiger partial charge in [0.2, 0.25) is 0 Å². The van der Waals surface area contributed by atoms with Gasteiger partial charge in [0.25, 0.3) is 0 Å². The van der Waals surface area contributed by atoms with Crippen LogP contribution in [0.15, 0.2) is 43.0 Å². The molecule has 0 aliphatic rings. The van der Waals surface area contributed by atoms with Crippen LogP contribution in [0, 0.1) is 0 Å². The molecule has 0 saturated heterocycles. The lowest BCUT2D eigenvalue weighted by molar-refractivity contribution is 0.532. The Kier molecular flexibility index (Phi) is 15.0. The normalized spacial score (nSPS) is 11.7. The van der Waals surface area contributed by atoms with E-state index in [9.17, 15) is 0 Å². The summed E-state index contributed by atoms with van der Waals surface area (Å²) in [5, 5.41) is 3.59. The van der Waals surface area contributed by atoms with Crippen LogP contribution in [-0.2, 0) is 0 Å². The molecule has 0 bridgehead atoms. The molecule has 132 valence electrons. The van der Waals surface area contributed by atoms with E-state index in [-0.39, 0.29) is 6.15 Å². The molecule has 23 heavy (non-hydrogen) atoms. The molecular formula is C21H38N2. The summed E-state index contributed by atoms with van der Waals surface area (Å²) in [5.74, 6) is 0. The maximum atomic E-state index is 3.94. The fraction of sp³-hybridized carbons (Fsp3) is 0.619. The Morgan fingerprint density at radius 3 is 1.91 bits per heavy atom. The summed E-state index contributed by atoms with van der Waals surface area (Å²) in [7, 11) is 0. The van der Waals surface area contributed by atoms with Gasteiger partial charge in [-0.25, -0.2) is 0 Å². The summed E-state index contributed by atoms with van der Waals surface area (Å²) < 4.78 is 0. The van der Waals surface area contributed by atoms with Gasteiger partial charge in [0, 0.05) is 0 Å². The van der Waals surface area contributed by atoms with Gasteiger partial charge >= 0.3 is 0 Å². The lowest BCUT2D eigenvalue weighted by Crippen LogP contribution is -2.20. The summed E-state index contributed by atoms with van der Waals surface area (Å²) in [6.45, 7) is 7.31. The van der Waals surface area contributed by atoms with Crippen LogP contribution in [-0.4, -0.2) is 6.54 Å². The molecule has 1 rings (SSSR count). The highest BCUT2D eigenvalue weighted by atomic mass is 14.9. The predicted octanol–water partition coefficient (Wildman–Crippen LogP) is 6.59. The van der Waals surface area contributed by atoms with E-state index in [0.717, 1.165) is 6.54 Å². The maximum Gasteiger partial charge on any atom is 0.0503 e. The number of nitrogens with one attached hydrogen (secondary N) is 1. The molecule has 4 N–H and O–H groups in total. The molecule has 0 fully saturated rings. The topological polar surface area (TPSA) is 47.0 Å². The standard InChI is InChI=1S/C21H35N.H3N/c1-3-5-6-7-8-9-10-11-12-16-19-22-21(4-2)20-17-14-13-15-18-20;/h4,13-15,17-18,21-22H,2-3,5-12,16,19H2,1H3;1H3. The van der Waals surface area contributed by atoms with E-state index in [1.54, 1.807) is 0 Å². The molecule has 1 unspecified atom stereocenters. The van der Waals surface area contributed by atoms with Crippen molar-refractivity contribution in [1.82, 2.24) is 11.5 Å². The maximum absolute atomic E-state index is 3.94. The highest BCUT2D eigenvalue weighted by Crippen LogP contribution is 2.14. The van der Waals surface area contributed by atoms with Gasteiger partial charge in [0.1, 0.15) is 0 Å². The minimum Gasteiger partial charge on any atom is -0.344 e. The summed E-state index contributed by atoms with van der Waals surface area (Å²) in [6, 6.07) is 10.9. The number of rotatable bonds is 14. The largest absolute Gasteiger partial charge is 0.344 e. The highest BCUT2D eigenvalue weighted by Gasteiger charge is 2.04. The lowest BCUT2D eigenvalue weighted by atomic mass is 10.1. The van der Waals surface area contributed by atoms with Crippen LogP contribution < -0.4 is 11.5 Å². The van der Waals surface area contributed by atoms with Crippen molar-refractivity contribution >= 4 is 0 Å². The summed E-state index contributed by atoms with van der Waals surface area (Å²) in [5.41, 5.74) is 1.31. The van der Waals surface area contributed by atoms with Crippen LogP contribution >= 0.6 is 0 Å². The molecule has 0 radical (unpaired) electrons. The molecule has 2 nitrogen and oxygen atoms in total. The van der Waals surface area contributed by atoms with E-state index < -0.39 is 0 Å². The molecule has 0 aliphatic heterocycles. The van der Waals surface area contributed by atoms with E-state index in [2.05, 4.69) is 49.2 Å². The first-order valence-electron chi connectivity index (χ1n) is 9.29. The van der Waals surface area contributed by atoms with Crippen molar-refractivity contribution in [1.29, 1.82) is 0 Å². The van der Waals surface area contributed by atoms with E-state index in [4.69, 9.17) is 0 Å². The number of hydrogen-bond donors (Lipinski definition) is 2. The van der Waals surface area contributed by atoms with E-state index in [1.165, 1.54) is 69.8 Å². The van der Waals surface area contributed by atoms with Crippen molar-refractivity contribution in [2.75, 3.05) is 6.54 Å². The molecule has 0 saturated carbocycles. The van der Waals surface area contributed by atoms with Gasteiger partial charge in [-0.3, -0.25) is 0 Å². The zero-order valence-corrected chi connectivity index (χ0v) is 15.2. The SMILES string of the molecule is C=CC(NCCCCCCCCCCCC)c1ccccc1.N. The average Bonchev–Trinajstić information content (AvgIpc) is 2.57. The Bertz CT molecular complexity index is 361. The van der Waals surface area contributed by atoms with Gasteiger partial charge in [-0.1, -0.05) is 101 Å². The third kappa shape index (κ3) is 11.1. The first-order valence-corrected chi connectivity index (χ1v) is 9.29. The van der Waals surface area contributed by atoms with Crippen molar-refractivity contribution < 1.29 is 0 Å². The Morgan fingerprint density at radius 2 is 1.39 bits per heavy atom. The Hall–Kier alpha value is -1.12. The van der Waals surface area contributed by atoms with Gasteiger partial charge in [0.05, 0.1) is 6.04 Å². The van der Waals surface area contributed by atoms with Gasteiger partial charge < -0.3 is 11.5 Å². The molecule has 1 aromatic rings. The van der Waals surface area contributed by atoms with Crippen LogP contribution in [0.4, 0.5) is 0 Å². The zero-order valence-electron chi connectivity index (χ0n) is 15.2. The average molecular weight is 319 g/mol. The number of benzene rings is 1. The monoisotopic (exact) mass is 318 g/mol. The van der Waals surface area contributed by atoms with Gasteiger partial charge in [0.15, 0.2) is 0 Å². The first kappa shape index (κ1) is 21.9. The van der Waals surface area contributed by atoms with Gasteiger partial charge in [-0.05, 0) is 18.5 Å². The predicted molar refractivity (Wildman–Crippen MR) is 104 cm³/mol. The number of hydrogen-bond acceptors (Lipinski definition) is 2. The molecular weight excluding hydrogens is 280 g/mol. The third-order valence-electron chi connectivity index (χ3n) is 4.29. The smallest absolute Gasteiger partial charge is 0.0503 e. The van der Waals surface area contributed by atoms with Crippen molar-refractivity contribution in [2.24, 2.45) is 0 Å². The number of unbranched alkanes of at least 4 members (excludes halogenated alkanes) is 9. The van der Waals surface area contributed by atoms with Crippen molar-refractivity contribution in [3.05, 3.63) is 48.6 Å². The van der Waals surface area contributed by atoms with Crippen LogP contribution in [0.1, 0.15) is 82.7 Å². The van der Waals surface area contributed by atoms with Crippen molar-refractivity contribution in [3.8, 4) is 0 Å². The minimum absolute atomic E-state index is 0. The second-order valence-corrected chi connectivity index (χ2v) is 6.26. The van der Waals surface area contributed by atoms with E-state index >= 15 is 0 Å². The Labute approximate surface area is 144 Å². The fourth-order valence-electron chi connectivity index (χ4n) is 2.87. The molecule has 0 amide bonds. The Balaban J connectivity index is 0.00000484. The molecule has 0 aromatic heterocycles. The molecule has 2 heteroatoms. The van der Waals surface area contributed by atoms with Crippen LogP contribution in [0.5, 0.6) is 0 Å². The molecule has 0 aliphatic carbocycles. The van der Waals surface area contributed by atoms with E-state index in [1.807, 2.05) is 6.08 Å². The van der Waals surface area contributed by atoms with Crippen LogP contribution in [0.3, 0.4) is 0 Å². The van der Waals surface area contributed by atoms with Crippen molar-refractivity contribution in [3.63, 3.8) is 0 Å². The summed E-state index contributed by atoms with van der Waals surface area (Å²) in [6.07, 6.45) is 15.9. The van der Waals surface area contributed by atoms with Crippen molar-refractivity contribution in [2.45, 2.75) is 77.2 Å².